The second-order valence-corrected chi connectivity index (χ2v) is 4.47. The van der Waals surface area contributed by atoms with Crippen LogP contribution in [-0.4, -0.2) is 5.60 Å². The van der Waals surface area contributed by atoms with Gasteiger partial charge in [-0.25, -0.2) is 5.11 Å². The summed E-state index contributed by atoms with van der Waals surface area (Å²) in [5, 5.41) is 11.4. The van der Waals surface area contributed by atoms with Crippen LogP contribution in [0.3, 0.4) is 0 Å². The molecule has 0 N–H and O–H groups in total. The van der Waals surface area contributed by atoms with Crippen LogP contribution in [0, 0.1) is 5.92 Å². The second kappa shape index (κ2) is 3.57. The largest absolute Gasteiger partial charge is 0.230 e. The van der Waals surface area contributed by atoms with E-state index in [4.69, 9.17) is 0 Å². The normalized spacial score (nSPS) is 22.1. The number of rotatable bonds is 2. The van der Waals surface area contributed by atoms with Gasteiger partial charge in [-0.15, -0.1) is 0 Å². The fourth-order valence-corrected chi connectivity index (χ4v) is 2.09. The van der Waals surface area contributed by atoms with Crippen molar-refractivity contribution in [3.63, 3.8) is 0 Å². The summed E-state index contributed by atoms with van der Waals surface area (Å²) in [4.78, 5) is 0. The summed E-state index contributed by atoms with van der Waals surface area (Å²) in [5.41, 5.74) is -0.692. The van der Waals surface area contributed by atoms with E-state index in [1.165, 1.54) is 32.1 Å². The Morgan fingerprint density at radius 2 is 1.73 bits per heavy atom. The molecule has 0 aromatic carbocycles. The second-order valence-electron chi connectivity index (χ2n) is 4.47. The van der Waals surface area contributed by atoms with Crippen LogP contribution in [0.1, 0.15) is 52.4 Å². The van der Waals surface area contributed by atoms with Crippen LogP contribution in [0.5, 0.6) is 0 Å². The van der Waals surface area contributed by atoms with E-state index in [-0.39, 0.29) is 0 Å². The Morgan fingerprint density at radius 1 is 1.18 bits per heavy atom. The predicted octanol–water partition coefficient (Wildman–Crippen LogP) is 3.17. The topological polar surface area (TPSA) is 19.9 Å². The van der Waals surface area contributed by atoms with E-state index < -0.39 is 5.60 Å². The third kappa shape index (κ3) is 3.76. The summed E-state index contributed by atoms with van der Waals surface area (Å²) in [5.74, 6) is 0.733. The van der Waals surface area contributed by atoms with Crippen LogP contribution in [0.15, 0.2) is 0 Å². The van der Waals surface area contributed by atoms with E-state index >= 15 is 0 Å². The molecule has 0 heterocycles. The Morgan fingerprint density at radius 3 is 2.18 bits per heavy atom. The molecule has 65 valence electrons. The Kier molecular flexibility index (Phi) is 2.94. The van der Waals surface area contributed by atoms with Crippen molar-refractivity contribution in [2.24, 2.45) is 5.92 Å². The molecule has 0 bridgehead atoms. The molecule has 1 aliphatic carbocycles. The van der Waals surface area contributed by atoms with Crippen molar-refractivity contribution in [2.75, 3.05) is 0 Å². The van der Waals surface area contributed by atoms with E-state index in [0.717, 1.165) is 12.3 Å². The minimum atomic E-state index is -0.692. The van der Waals surface area contributed by atoms with Gasteiger partial charge in [-0.3, -0.25) is 0 Å². The molecule has 1 saturated carbocycles. The van der Waals surface area contributed by atoms with Gasteiger partial charge in [0.25, 0.3) is 0 Å². The predicted molar refractivity (Wildman–Crippen MR) is 46.0 cm³/mol. The number of hydrogen-bond acceptors (Lipinski definition) is 0. The highest BCUT2D eigenvalue weighted by Gasteiger charge is 2.23. The van der Waals surface area contributed by atoms with E-state index in [0.29, 0.717) is 0 Å². The van der Waals surface area contributed by atoms with Crippen LogP contribution in [0.4, 0.5) is 0 Å². The Balaban J connectivity index is 2.24. The van der Waals surface area contributed by atoms with Crippen LogP contribution in [0.25, 0.3) is 0 Å². The summed E-state index contributed by atoms with van der Waals surface area (Å²) >= 11 is 0. The SMILES string of the molecule is CC(C)([O])CC1CCCCC1. The van der Waals surface area contributed by atoms with Gasteiger partial charge in [0.05, 0.1) is 5.60 Å². The molecular weight excluding hydrogens is 136 g/mol. The van der Waals surface area contributed by atoms with Gasteiger partial charge in [-0.1, -0.05) is 32.1 Å². The average molecular weight is 155 g/mol. The van der Waals surface area contributed by atoms with Crippen molar-refractivity contribution in [3.8, 4) is 0 Å². The quantitative estimate of drug-likeness (QED) is 0.583. The Hall–Kier alpha value is -0.0400. The van der Waals surface area contributed by atoms with Crippen molar-refractivity contribution in [2.45, 2.75) is 58.0 Å². The standard InChI is InChI=1S/C10H19O/c1-10(2,11)8-9-6-4-3-5-7-9/h9H,3-8H2,1-2H3. The van der Waals surface area contributed by atoms with Crippen LogP contribution < -0.4 is 0 Å². The highest BCUT2D eigenvalue weighted by Crippen LogP contribution is 2.30. The van der Waals surface area contributed by atoms with Gasteiger partial charge in [0.2, 0.25) is 0 Å². The van der Waals surface area contributed by atoms with E-state index in [2.05, 4.69) is 0 Å². The zero-order valence-electron chi connectivity index (χ0n) is 7.73. The lowest BCUT2D eigenvalue weighted by Crippen LogP contribution is -2.22. The van der Waals surface area contributed by atoms with Crippen molar-refractivity contribution < 1.29 is 5.11 Å². The summed E-state index contributed by atoms with van der Waals surface area (Å²) in [6, 6.07) is 0. The summed E-state index contributed by atoms with van der Waals surface area (Å²) in [6.45, 7) is 3.61. The maximum atomic E-state index is 11.4. The minimum absolute atomic E-state index is 0.692. The maximum Gasteiger partial charge on any atom is 0.0983 e. The molecule has 0 aliphatic heterocycles. The zero-order valence-corrected chi connectivity index (χ0v) is 7.73. The van der Waals surface area contributed by atoms with Crippen molar-refractivity contribution >= 4 is 0 Å². The third-order valence-corrected chi connectivity index (χ3v) is 2.51. The first-order valence-electron chi connectivity index (χ1n) is 4.78. The maximum absolute atomic E-state index is 11.4. The monoisotopic (exact) mass is 155 g/mol. The molecule has 0 spiro atoms. The molecular formula is C10H19O. The van der Waals surface area contributed by atoms with E-state index in [1.54, 1.807) is 0 Å². The molecule has 1 heteroatoms. The van der Waals surface area contributed by atoms with Gasteiger partial charge >= 0.3 is 0 Å². The molecule has 0 aromatic rings. The molecule has 0 atom stereocenters. The smallest absolute Gasteiger partial charge is 0.0983 e. The minimum Gasteiger partial charge on any atom is -0.230 e. The summed E-state index contributed by atoms with van der Waals surface area (Å²) < 4.78 is 0. The molecule has 1 radical (unpaired) electrons. The summed E-state index contributed by atoms with van der Waals surface area (Å²) in [7, 11) is 0. The lowest BCUT2D eigenvalue weighted by atomic mass is 9.82. The van der Waals surface area contributed by atoms with Crippen molar-refractivity contribution in [1.82, 2.24) is 0 Å². The summed E-state index contributed by atoms with van der Waals surface area (Å²) in [6.07, 6.45) is 7.56. The average Bonchev–Trinajstić information content (AvgIpc) is 1.85. The Labute approximate surface area is 69.8 Å². The fourth-order valence-electron chi connectivity index (χ4n) is 2.09. The molecule has 0 amide bonds. The van der Waals surface area contributed by atoms with Crippen LogP contribution >= 0.6 is 0 Å². The van der Waals surface area contributed by atoms with Gasteiger partial charge in [-0.05, 0) is 26.2 Å². The van der Waals surface area contributed by atoms with Gasteiger partial charge in [0.15, 0.2) is 0 Å². The number of hydrogen-bond donors (Lipinski definition) is 0. The van der Waals surface area contributed by atoms with E-state index in [9.17, 15) is 5.11 Å². The van der Waals surface area contributed by atoms with Gasteiger partial charge in [0.1, 0.15) is 0 Å². The first kappa shape index (κ1) is 9.05. The van der Waals surface area contributed by atoms with Gasteiger partial charge in [-0.2, -0.15) is 0 Å². The van der Waals surface area contributed by atoms with Gasteiger partial charge < -0.3 is 0 Å². The molecule has 0 saturated heterocycles. The van der Waals surface area contributed by atoms with Crippen molar-refractivity contribution in [1.29, 1.82) is 0 Å². The lowest BCUT2D eigenvalue weighted by Gasteiger charge is -2.26. The third-order valence-electron chi connectivity index (χ3n) is 2.51. The highest BCUT2D eigenvalue weighted by atomic mass is 16.3. The molecule has 1 rings (SSSR count). The molecule has 0 aromatic heterocycles. The molecule has 0 unspecified atom stereocenters. The molecule has 1 nitrogen and oxygen atoms in total. The first-order chi connectivity index (χ1) is 5.08. The van der Waals surface area contributed by atoms with Crippen molar-refractivity contribution in [3.05, 3.63) is 0 Å². The van der Waals surface area contributed by atoms with E-state index in [1.807, 2.05) is 13.8 Å². The zero-order chi connectivity index (χ0) is 8.32. The molecule has 11 heavy (non-hydrogen) atoms. The fraction of sp³-hybridized carbons (Fsp3) is 1.00. The molecule has 1 fully saturated rings. The first-order valence-corrected chi connectivity index (χ1v) is 4.78. The van der Waals surface area contributed by atoms with Crippen LogP contribution in [0.2, 0.25) is 0 Å². The molecule has 1 aliphatic rings. The highest BCUT2D eigenvalue weighted by molar-refractivity contribution is 4.74. The van der Waals surface area contributed by atoms with Crippen LogP contribution in [-0.2, 0) is 5.11 Å². The van der Waals surface area contributed by atoms with Gasteiger partial charge in [0, 0.05) is 0 Å². The Bertz CT molecular complexity index is 107. The lowest BCUT2D eigenvalue weighted by molar-refractivity contribution is -0.0203.